The van der Waals surface area contributed by atoms with Crippen LogP contribution in [-0.4, -0.2) is 130 Å². The van der Waals surface area contributed by atoms with E-state index in [0.29, 0.717) is 47.0 Å². The van der Waals surface area contributed by atoms with Crippen molar-refractivity contribution in [3.63, 3.8) is 0 Å². The maximum Gasteiger partial charge on any atom is 0.225 e. The van der Waals surface area contributed by atoms with Gasteiger partial charge < -0.3 is 54.2 Å². The van der Waals surface area contributed by atoms with Crippen LogP contribution >= 0.6 is 0 Å². The van der Waals surface area contributed by atoms with Crippen LogP contribution in [0.3, 0.4) is 0 Å². The number of hydrogen-bond acceptors (Lipinski definition) is 16. The van der Waals surface area contributed by atoms with Crippen LogP contribution in [0.25, 0.3) is 21.8 Å². The van der Waals surface area contributed by atoms with Gasteiger partial charge in [0.2, 0.25) is 11.9 Å². The largest absolute Gasteiger partial charge is 0.493 e. The average Bonchev–Trinajstić information content (AvgIpc) is 3.36. The summed E-state index contributed by atoms with van der Waals surface area (Å²) < 4.78 is 34.2. The normalized spacial score (nSPS) is 17.4. The minimum Gasteiger partial charge on any atom is -0.493 e. The molecule has 0 bridgehead atoms. The third-order valence-corrected chi connectivity index (χ3v) is 13.4. The quantitative estimate of drug-likeness (QED) is 0.0861. The van der Waals surface area contributed by atoms with Crippen molar-refractivity contribution in [1.29, 1.82) is 0 Å². The molecule has 0 amide bonds. The SMILES string of the molecule is COc1cc2nc(NC3CCN(Cc4cc(OC(C)C)cc(OC(C)C)c4)CC3)nc(N3CCCCC3)c2cc1OC.COc1cc2nc(NC3CCNCC3)nc(N3CCCCC3)c2cc1OC. The molecule has 3 aromatic carbocycles. The summed E-state index contributed by atoms with van der Waals surface area (Å²) in [6.07, 6.45) is 11.8. The van der Waals surface area contributed by atoms with Gasteiger partial charge in [0.1, 0.15) is 23.1 Å². The number of piperidine rings is 4. The summed E-state index contributed by atoms with van der Waals surface area (Å²) in [7, 11) is 6.65. The number of fused-ring (bicyclic) bond motifs is 2. The maximum atomic E-state index is 6.02. The Hall–Kier alpha value is -5.74. The molecule has 6 heterocycles. The van der Waals surface area contributed by atoms with E-state index in [4.69, 9.17) is 48.4 Å². The van der Waals surface area contributed by atoms with Gasteiger partial charge in [-0.25, -0.2) is 9.97 Å². The number of hydrogen-bond donors (Lipinski definition) is 3. The maximum absolute atomic E-state index is 6.02. The fraction of sp³-hybridized carbons (Fsp3) is 0.585. The molecule has 0 unspecified atom stereocenters. The molecule has 0 aliphatic carbocycles. The second-order valence-electron chi connectivity index (χ2n) is 19.3. The van der Waals surface area contributed by atoms with E-state index in [0.717, 1.165) is 130 Å². The number of nitrogens with one attached hydrogen (secondary N) is 3. The van der Waals surface area contributed by atoms with Crippen LogP contribution in [0, 0.1) is 0 Å². The summed E-state index contributed by atoms with van der Waals surface area (Å²) in [6, 6.07) is 14.9. The second-order valence-corrected chi connectivity index (χ2v) is 19.3. The fourth-order valence-corrected chi connectivity index (χ4v) is 9.93. The van der Waals surface area contributed by atoms with Gasteiger partial charge in [-0.15, -0.1) is 0 Å². The fourth-order valence-electron chi connectivity index (χ4n) is 9.93. The molecule has 374 valence electrons. The van der Waals surface area contributed by atoms with Crippen molar-refractivity contribution in [3.8, 4) is 34.5 Å². The van der Waals surface area contributed by atoms with Crippen LogP contribution in [0.1, 0.15) is 97.5 Å². The van der Waals surface area contributed by atoms with E-state index in [2.05, 4.69) is 70.5 Å². The Morgan fingerprint density at radius 1 is 0.522 bits per heavy atom. The van der Waals surface area contributed by atoms with Crippen LogP contribution in [0.4, 0.5) is 23.5 Å². The molecule has 16 nitrogen and oxygen atoms in total. The van der Waals surface area contributed by atoms with Crippen LogP contribution in [-0.2, 0) is 6.54 Å². The lowest BCUT2D eigenvalue weighted by molar-refractivity contribution is 0.207. The highest BCUT2D eigenvalue weighted by atomic mass is 16.5. The van der Waals surface area contributed by atoms with E-state index in [-0.39, 0.29) is 12.2 Å². The van der Waals surface area contributed by atoms with Gasteiger partial charge in [-0.3, -0.25) is 4.90 Å². The standard InChI is InChI=1S/C33H47N5O4.C20H29N5O2/c1-22(2)41-26-16-24(17-27(18-26)42-23(3)4)21-37-14-10-25(11-15-37)34-33-35-29-20-31(40-6)30(39-5)19-28(29)32(36-33)38-12-8-7-9-13-38;1-26-17-12-15-16(13-18(17)27-2)23-20(22-14-6-8-21-9-7-14)24-19(15)25-10-4-3-5-11-25/h16-20,22-23,25H,7-15,21H2,1-6H3,(H,34,35,36);12-14,21H,3-11H2,1-2H3,(H,22,23,24). The molecule has 0 radical (unpaired) electrons. The van der Waals surface area contributed by atoms with Crippen molar-refractivity contribution in [2.24, 2.45) is 0 Å². The molecule has 9 rings (SSSR count). The van der Waals surface area contributed by atoms with Crippen molar-refractivity contribution in [3.05, 3.63) is 48.0 Å². The van der Waals surface area contributed by atoms with Crippen molar-refractivity contribution in [2.75, 3.05) is 101 Å². The molecule has 4 fully saturated rings. The van der Waals surface area contributed by atoms with Gasteiger partial charge in [0.05, 0.1) is 51.7 Å². The minimum atomic E-state index is 0.116. The van der Waals surface area contributed by atoms with Crippen molar-refractivity contribution in [2.45, 2.75) is 123 Å². The van der Waals surface area contributed by atoms with Crippen molar-refractivity contribution in [1.82, 2.24) is 30.2 Å². The molecule has 2 aromatic heterocycles. The molecule has 0 saturated carbocycles. The molecule has 0 atom stereocenters. The summed E-state index contributed by atoms with van der Waals surface area (Å²) in [6.45, 7) is 17.2. The summed E-state index contributed by atoms with van der Waals surface area (Å²) >= 11 is 0. The van der Waals surface area contributed by atoms with Crippen LogP contribution in [0.15, 0.2) is 42.5 Å². The molecule has 16 heteroatoms. The summed E-state index contributed by atoms with van der Waals surface area (Å²) in [5.74, 6) is 7.88. The predicted octanol–water partition coefficient (Wildman–Crippen LogP) is 9.09. The molecule has 5 aromatic rings. The number of likely N-dealkylation sites (tertiary alicyclic amines) is 1. The first-order valence-corrected chi connectivity index (χ1v) is 25.4. The highest BCUT2D eigenvalue weighted by molar-refractivity contribution is 5.94. The Morgan fingerprint density at radius 3 is 1.36 bits per heavy atom. The molecule has 4 aliphatic rings. The van der Waals surface area contributed by atoms with E-state index in [1.54, 1.807) is 28.4 Å². The summed E-state index contributed by atoms with van der Waals surface area (Å²) in [5.41, 5.74) is 2.97. The first kappa shape index (κ1) is 49.7. The Morgan fingerprint density at radius 2 is 0.942 bits per heavy atom. The van der Waals surface area contributed by atoms with Crippen molar-refractivity contribution < 1.29 is 28.4 Å². The zero-order chi connectivity index (χ0) is 48.3. The van der Waals surface area contributed by atoms with E-state index < -0.39 is 0 Å². The van der Waals surface area contributed by atoms with Gasteiger partial charge >= 0.3 is 0 Å². The average molecular weight is 949 g/mol. The lowest BCUT2D eigenvalue weighted by Gasteiger charge is -2.33. The van der Waals surface area contributed by atoms with E-state index in [9.17, 15) is 0 Å². The first-order valence-electron chi connectivity index (χ1n) is 25.4. The molecule has 3 N–H and O–H groups in total. The number of aromatic nitrogens is 4. The Kier molecular flexibility index (Phi) is 17.1. The predicted molar refractivity (Wildman–Crippen MR) is 277 cm³/mol. The Balaban J connectivity index is 0.000000204. The molecular formula is C53H76N10O6. The van der Waals surface area contributed by atoms with Gasteiger partial charge in [0, 0.05) is 86.9 Å². The third-order valence-electron chi connectivity index (χ3n) is 13.4. The van der Waals surface area contributed by atoms with Gasteiger partial charge in [-0.05, 0) is 135 Å². The lowest BCUT2D eigenvalue weighted by atomic mass is 10.0. The second kappa shape index (κ2) is 23.7. The highest BCUT2D eigenvalue weighted by Gasteiger charge is 2.25. The van der Waals surface area contributed by atoms with Crippen LogP contribution < -0.4 is 54.2 Å². The smallest absolute Gasteiger partial charge is 0.225 e. The minimum absolute atomic E-state index is 0.116. The van der Waals surface area contributed by atoms with Gasteiger partial charge in [0.25, 0.3) is 0 Å². The van der Waals surface area contributed by atoms with Crippen LogP contribution in [0.2, 0.25) is 0 Å². The Labute approximate surface area is 409 Å². The van der Waals surface area contributed by atoms with Crippen LogP contribution in [0.5, 0.6) is 34.5 Å². The zero-order valence-electron chi connectivity index (χ0n) is 42.4. The van der Waals surface area contributed by atoms with E-state index in [1.807, 2.05) is 30.3 Å². The monoisotopic (exact) mass is 949 g/mol. The molecule has 69 heavy (non-hydrogen) atoms. The number of ether oxygens (including phenoxy) is 6. The number of benzene rings is 3. The van der Waals surface area contributed by atoms with Gasteiger partial charge in [-0.2, -0.15) is 9.97 Å². The number of nitrogens with zero attached hydrogens (tertiary/aromatic N) is 7. The molecule has 0 spiro atoms. The zero-order valence-corrected chi connectivity index (χ0v) is 42.4. The summed E-state index contributed by atoms with van der Waals surface area (Å²) in [5, 5.41) is 12.7. The van der Waals surface area contributed by atoms with E-state index in [1.165, 1.54) is 44.1 Å². The Bertz CT molecular complexity index is 2420. The van der Waals surface area contributed by atoms with Gasteiger partial charge in [0.15, 0.2) is 23.0 Å². The topological polar surface area (TPSA) is 153 Å². The lowest BCUT2D eigenvalue weighted by Crippen LogP contribution is -2.39. The number of rotatable bonds is 16. The molecular weight excluding hydrogens is 873 g/mol. The van der Waals surface area contributed by atoms with E-state index >= 15 is 0 Å². The summed E-state index contributed by atoms with van der Waals surface area (Å²) in [4.78, 5) is 27.0. The number of anilines is 4. The molecule has 4 saturated heterocycles. The van der Waals surface area contributed by atoms with Gasteiger partial charge in [-0.1, -0.05) is 0 Å². The molecule has 4 aliphatic heterocycles. The highest BCUT2D eigenvalue weighted by Crippen LogP contribution is 2.39. The first-order chi connectivity index (χ1) is 33.6. The third kappa shape index (κ3) is 12.9. The number of methoxy groups -OCH3 is 4. The van der Waals surface area contributed by atoms with Crippen molar-refractivity contribution >= 4 is 45.3 Å².